The van der Waals surface area contributed by atoms with Crippen molar-refractivity contribution in [3.63, 3.8) is 0 Å². The predicted molar refractivity (Wildman–Crippen MR) is 66.4 cm³/mol. The molecule has 1 aromatic carbocycles. The van der Waals surface area contributed by atoms with Crippen LogP contribution in [0.2, 0.25) is 0 Å². The number of methoxy groups -OCH3 is 1. The summed E-state index contributed by atoms with van der Waals surface area (Å²) in [5, 5.41) is 4.30. The van der Waals surface area contributed by atoms with Gasteiger partial charge in [0, 0.05) is 11.5 Å². The van der Waals surface area contributed by atoms with E-state index in [0.717, 1.165) is 23.4 Å². The molecule has 1 heterocycles. The van der Waals surface area contributed by atoms with Crippen LogP contribution in [-0.4, -0.2) is 18.9 Å². The molecule has 2 unspecified atom stereocenters. The first kappa shape index (κ1) is 10.6. The fraction of sp³-hybridized carbons (Fsp3) is 0.500. The van der Waals surface area contributed by atoms with Crippen molar-refractivity contribution in [1.82, 2.24) is 0 Å². The van der Waals surface area contributed by atoms with Gasteiger partial charge in [0.2, 0.25) is 0 Å². The van der Waals surface area contributed by atoms with Crippen LogP contribution in [0.3, 0.4) is 0 Å². The summed E-state index contributed by atoms with van der Waals surface area (Å²) in [4.78, 5) is 5.56. The van der Waals surface area contributed by atoms with Gasteiger partial charge in [0.05, 0.1) is 12.8 Å². The van der Waals surface area contributed by atoms with Crippen molar-refractivity contribution in [1.29, 1.82) is 0 Å². The highest BCUT2D eigenvalue weighted by Gasteiger charge is 2.37. The molecule has 1 aliphatic carbocycles. The van der Waals surface area contributed by atoms with Crippen molar-refractivity contribution in [2.45, 2.75) is 31.8 Å². The van der Waals surface area contributed by atoms with Crippen LogP contribution >= 0.6 is 0 Å². The van der Waals surface area contributed by atoms with Gasteiger partial charge in [0.15, 0.2) is 0 Å². The van der Waals surface area contributed by atoms with Gasteiger partial charge in [0.1, 0.15) is 11.9 Å². The number of oxime groups is 1. The molecule has 1 fully saturated rings. The summed E-state index contributed by atoms with van der Waals surface area (Å²) in [6.07, 6.45) is 5.15. The van der Waals surface area contributed by atoms with Crippen LogP contribution in [0.25, 0.3) is 0 Å². The molecule has 0 spiro atoms. The van der Waals surface area contributed by atoms with Gasteiger partial charge >= 0.3 is 0 Å². The lowest BCUT2D eigenvalue weighted by molar-refractivity contribution is 0.0397. The lowest BCUT2D eigenvalue weighted by Gasteiger charge is -2.23. The highest BCUT2D eigenvalue weighted by molar-refractivity contribution is 6.05. The molecule has 1 aliphatic heterocycles. The summed E-state index contributed by atoms with van der Waals surface area (Å²) >= 11 is 0. The zero-order chi connectivity index (χ0) is 11.7. The van der Waals surface area contributed by atoms with Gasteiger partial charge in [-0.2, -0.15) is 0 Å². The van der Waals surface area contributed by atoms with E-state index in [1.807, 2.05) is 18.2 Å². The molecule has 0 N–H and O–H groups in total. The highest BCUT2D eigenvalue weighted by atomic mass is 16.6. The van der Waals surface area contributed by atoms with Crippen LogP contribution in [0.15, 0.2) is 29.4 Å². The third kappa shape index (κ3) is 1.79. The van der Waals surface area contributed by atoms with E-state index >= 15 is 0 Å². The SMILES string of the molecule is COc1ccccc1C1=NOC2CCCCC12. The number of para-hydroxylation sites is 1. The second-order valence-corrected chi connectivity index (χ2v) is 4.71. The predicted octanol–water partition coefficient (Wildman–Crippen LogP) is 2.99. The molecule has 0 aromatic heterocycles. The summed E-state index contributed by atoms with van der Waals surface area (Å²) in [7, 11) is 1.70. The average Bonchev–Trinajstić information content (AvgIpc) is 2.82. The zero-order valence-corrected chi connectivity index (χ0v) is 10.1. The quantitative estimate of drug-likeness (QED) is 0.783. The first-order chi connectivity index (χ1) is 8.40. The average molecular weight is 231 g/mol. The minimum absolute atomic E-state index is 0.295. The second-order valence-electron chi connectivity index (χ2n) is 4.71. The van der Waals surface area contributed by atoms with E-state index in [-0.39, 0.29) is 0 Å². The standard InChI is InChI=1S/C14H17NO2/c1-16-12-8-4-2-6-10(12)14-11-7-3-5-9-13(11)17-15-14/h2,4,6,8,11,13H,3,5,7,9H2,1H3. The molecule has 3 heteroatoms. The maximum Gasteiger partial charge on any atom is 0.136 e. The number of fused-ring (bicyclic) bond motifs is 1. The smallest absolute Gasteiger partial charge is 0.136 e. The van der Waals surface area contributed by atoms with E-state index in [1.165, 1.54) is 19.3 Å². The topological polar surface area (TPSA) is 30.8 Å². The first-order valence-corrected chi connectivity index (χ1v) is 6.27. The molecule has 2 atom stereocenters. The normalized spacial score (nSPS) is 27.0. The first-order valence-electron chi connectivity index (χ1n) is 6.27. The summed E-state index contributed by atoms with van der Waals surface area (Å²) < 4.78 is 5.40. The Morgan fingerprint density at radius 3 is 2.94 bits per heavy atom. The van der Waals surface area contributed by atoms with Crippen molar-refractivity contribution in [3.05, 3.63) is 29.8 Å². The molecule has 3 nitrogen and oxygen atoms in total. The number of hydrogen-bond donors (Lipinski definition) is 0. The van der Waals surface area contributed by atoms with Crippen LogP contribution in [0, 0.1) is 5.92 Å². The number of hydrogen-bond acceptors (Lipinski definition) is 3. The van der Waals surface area contributed by atoms with E-state index in [2.05, 4.69) is 11.2 Å². The van der Waals surface area contributed by atoms with Crippen LogP contribution in [-0.2, 0) is 4.84 Å². The van der Waals surface area contributed by atoms with Gasteiger partial charge < -0.3 is 9.57 Å². The maximum atomic E-state index is 5.56. The summed E-state index contributed by atoms with van der Waals surface area (Å²) in [6, 6.07) is 8.06. The molecule has 17 heavy (non-hydrogen) atoms. The Morgan fingerprint density at radius 2 is 2.06 bits per heavy atom. The van der Waals surface area contributed by atoms with Gasteiger partial charge in [-0.1, -0.05) is 23.7 Å². The lowest BCUT2D eigenvalue weighted by atomic mass is 9.81. The number of nitrogens with zero attached hydrogens (tertiary/aromatic N) is 1. The third-order valence-electron chi connectivity index (χ3n) is 3.72. The summed E-state index contributed by atoms with van der Waals surface area (Å²) in [5.41, 5.74) is 2.16. The Bertz CT molecular complexity index is 442. The zero-order valence-electron chi connectivity index (χ0n) is 10.1. The summed E-state index contributed by atoms with van der Waals surface area (Å²) in [5.74, 6) is 1.35. The minimum Gasteiger partial charge on any atom is -0.496 e. The highest BCUT2D eigenvalue weighted by Crippen LogP contribution is 2.36. The molecule has 3 rings (SSSR count). The van der Waals surface area contributed by atoms with Crippen molar-refractivity contribution in [2.24, 2.45) is 11.1 Å². The molecular formula is C14H17NO2. The van der Waals surface area contributed by atoms with Crippen molar-refractivity contribution in [2.75, 3.05) is 7.11 Å². The molecule has 0 radical (unpaired) electrons. The lowest BCUT2D eigenvalue weighted by Crippen LogP contribution is -2.27. The molecule has 1 aromatic rings. The molecular weight excluding hydrogens is 214 g/mol. The van der Waals surface area contributed by atoms with Gasteiger partial charge in [-0.25, -0.2) is 0 Å². The van der Waals surface area contributed by atoms with Gasteiger partial charge in [0.25, 0.3) is 0 Å². The number of benzene rings is 1. The van der Waals surface area contributed by atoms with Crippen LogP contribution < -0.4 is 4.74 Å². The van der Waals surface area contributed by atoms with Gasteiger partial charge in [-0.15, -0.1) is 0 Å². The molecule has 90 valence electrons. The molecule has 0 saturated heterocycles. The second kappa shape index (κ2) is 4.40. The van der Waals surface area contributed by atoms with Crippen molar-refractivity contribution >= 4 is 5.71 Å². The van der Waals surface area contributed by atoms with Crippen LogP contribution in [0.4, 0.5) is 0 Å². The minimum atomic E-state index is 0.295. The van der Waals surface area contributed by atoms with Crippen molar-refractivity contribution < 1.29 is 9.57 Å². The fourth-order valence-corrected chi connectivity index (χ4v) is 2.83. The van der Waals surface area contributed by atoms with Gasteiger partial charge in [-0.05, 0) is 31.4 Å². The van der Waals surface area contributed by atoms with Gasteiger partial charge in [-0.3, -0.25) is 0 Å². The third-order valence-corrected chi connectivity index (χ3v) is 3.72. The Hall–Kier alpha value is -1.51. The van der Waals surface area contributed by atoms with Crippen LogP contribution in [0.1, 0.15) is 31.2 Å². The van der Waals surface area contributed by atoms with E-state index < -0.39 is 0 Å². The Morgan fingerprint density at radius 1 is 1.24 bits per heavy atom. The van der Waals surface area contributed by atoms with E-state index in [1.54, 1.807) is 7.11 Å². The molecule has 2 aliphatic rings. The number of ether oxygens (including phenoxy) is 1. The largest absolute Gasteiger partial charge is 0.496 e. The maximum absolute atomic E-state index is 5.56. The monoisotopic (exact) mass is 231 g/mol. The Kier molecular flexibility index (Phi) is 2.75. The van der Waals surface area contributed by atoms with E-state index in [9.17, 15) is 0 Å². The molecule has 0 bridgehead atoms. The van der Waals surface area contributed by atoms with E-state index in [4.69, 9.17) is 9.57 Å². The fourth-order valence-electron chi connectivity index (χ4n) is 2.83. The number of rotatable bonds is 2. The summed E-state index contributed by atoms with van der Waals surface area (Å²) in [6.45, 7) is 0. The van der Waals surface area contributed by atoms with Crippen molar-refractivity contribution in [3.8, 4) is 5.75 Å². The Balaban J connectivity index is 1.93. The molecule has 1 saturated carbocycles. The van der Waals surface area contributed by atoms with E-state index in [0.29, 0.717) is 12.0 Å². The Labute approximate surface area is 101 Å². The molecule has 0 amide bonds. The van der Waals surface area contributed by atoms with Crippen LogP contribution in [0.5, 0.6) is 5.75 Å².